The summed E-state index contributed by atoms with van der Waals surface area (Å²) in [6.45, 7) is 2.33. The van der Waals surface area contributed by atoms with Crippen molar-refractivity contribution >= 4 is 27.7 Å². The molecule has 2 N–H and O–H groups in total. The highest BCUT2D eigenvalue weighted by Crippen LogP contribution is 2.47. The number of nitrogens with two attached hydrogens (primary N) is 1. The van der Waals surface area contributed by atoms with Crippen molar-refractivity contribution in [2.75, 3.05) is 20.8 Å². The molecular formula is C20H22BrNO6. The minimum absolute atomic E-state index is 0.0470. The van der Waals surface area contributed by atoms with E-state index in [4.69, 9.17) is 24.7 Å². The van der Waals surface area contributed by atoms with Gasteiger partial charge in [0.25, 0.3) is 0 Å². The molecule has 7 nitrogen and oxygen atoms in total. The molecule has 150 valence electrons. The Morgan fingerprint density at radius 1 is 1.32 bits per heavy atom. The van der Waals surface area contributed by atoms with Crippen LogP contribution in [-0.2, 0) is 19.1 Å². The standard InChI is InChI=1S/C20H22BrNO6/c1-4-27-18-11(21)8-10(9-14(18)25-2)15-16-12(23)6-5-7-13(16)28-19(22)17(15)20(24)26-3/h8-9,15H,4-7,22H2,1-3H3/t15-/m1/s1. The van der Waals surface area contributed by atoms with Crippen molar-refractivity contribution in [1.82, 2.24) is 0 Å². The van der Waals surface area contributed by atoms with Gasteiger partial charge in [0.2, 0.25) is 5.88 Å². The lowest BCUT2D eigenvalue weighted by Gasteiger charge is -2.32. The first kappa shape index (κ1) is 20.3. The van der Waals surface area contributed by atoms with Crippen LogP contribution in [0.2, 0.25) is 0 Å². The molecule has 28 heavy (non-hydrogen) atoms. The molecule has 0 radical (unpaired) electrons. The first-order valence-electron chi connectivity index (χ1n) is 8.95. The van der Waals surface area contributed by atoms with Crippen molar-refractivity contribution in [2.45, 2.75) is 32.1 Å². The van der Waals surface area contributed by atoms with E-state index in [1.807, 2.05) is 6.92 Å². The van der Waals surface area contributed by atoms with Gasteiger partial charge >= 0.3 is 5.97 Å². The lowest BCUT2D eigenvalue weighted by molar-refractivity contribution is -0.136. The lowest BCUT2D eigenvalue weighted by atomic mass is 9.77. The Balaban J connectivity index is 2.23. The number of allylic oxidation sites excluding steroid dienone is 2. The second-order valence-corrected chi connectivity index (χ2v) is 7.24. The predicted molar refractivity (Wildman–Crippen MR) is 105 cm³/mol. The molecule has 0 saturated carbocycles. The van der Waals surface area contributed by atoms with Crippen LogP contribution in [0.1, 0.15) is 37.7 Å². The van der Waals surface area contributed by atoms with Gasteiger partial charge in [0, 0.05) is 18.4 Å². The third-order valence-electron chi connectivity index (χ3n) is 4.76. The average Bonchev–Trinajstić information content (AvgIpc) is 2.68. The van der Waals surface area contributed by atoms with Crippen molar-refractivity contribution in [3.63, 3.8) is 0 Å². The van der Waals surface area contributed by atoms with Crippen LogP contribution in [0.3, 0.4) is 0 Å². The number of benzene rings is 1. The van der Waals surface area contributed by atoms with Crippen molar-refractivity contribution in [2.24, 2.45) is 5.73 Å². The number of hydrogen-bond acceptors (Lipinski definition) is 7. The molecule has 0 bridgehead atoms. The van der Waals surface area contributed by atoms with Crippen LogP contribution in [0.25, 0.3) is 0 Å². The van der Waals surface area contributed by atoms with E-state index in [1.54, 1.807) is 12.1 Å². The molecule has 0 aromatic heterocycles. The van der Waals surface area contributed by atoms with E-state index in [-0.39, 0.29) is 17.2 Å². The molecule has 1 heterocycles. The zero-order valence-electron chi connectivity index (χ0n) is 16.0. The fourth-order valence-electron chi connectivity index (χ4n) is 3.59. The van der Waals surface area contributed by atoms with Crippen LogP contribution in [0.4, 0.5) is 0 Å². The predicted octanol–water partition coefficient (Wildman–Crippen LogP) is 3.32. The van der Waals surface area contributed by atoms with Crippen molar-refractivity contribution in [3.8, 4) is 11.5 Å². The van der Waals surface area contributed by atoms with Gasteiger partial charge in [0.15, 0.2) is 17.3 Å². The Hall–Kier alpha value is -2.48. The van der Waals surface area contributed by atoms with Gasteiger partial charge in [-0.2, -0.15) is 0 Å². The summed E-state index contributed by atoms with van der Waals surface area (Å²) in [5, 5.41) is 0. The van der Waals surface area contributed by atoms with Crippen LogP contribution < -0.4 is 15.2 Å². The number of hydrogen-bond donors (Lipinski definition) is 1. The van der Waals surface area contributed by atoms with E-state index in [0.717, 1.165) is 0 Å². The molecule has 1 aromatic carbocycles. The SMILES string of the molecule is CCOc1c(Br)cc([C@H]2C(C(=O)OC)=C(N)OC3=C2C(=O)CCC3)cc1OC. The Bertz CT molecular complexity index is 889. The van der Waals surface area contributed by atoms with E-state index < -0.39 is 11.9 Å². The Labute approximate surface area is 171 Å². The van der Waals surface area contributed by atoms with Gasteiger partial charge in [-0.05, 0) is 47.0 Å². The van der Waals surface area contributed by atoms with E-state index in [1.165, 1.54) is 14.2 Å². The summed E-state index contributed by atoms with van der Waals surface area (Å²) in [5.41, 5.74) is 7.27. The lowest BCUT2D eigenvalue weighted by Crippen LogP contribution is -2.31. The molecule has 0 unspecified atom stereocenters. The van der Waals surface area contributed by atoms with Crippen LogP contribution in [-0.4, -0.2) is 32.6 Å². The molecule has 1 atom stereocenters. The zero-order chi connectivity index (χ0) is 20.4. The van der Waals surface area contributed by atoms with Crippen molar-refractivity contribution in [1.29, 1.82) is 0 Å². The molecule has 1 aliphatic carbocycles. The molecule has 8 heteroatoms. The number of carbonyl (C=O) groups excluding carboxylic acids is 2. The van der Waals surface area contributed by atoms with Gasteiger partial charge < -0.3 is 24.7 Å². The topological polar surface area (TPSA) is 97.1 Å². The highest BCUT2D eigenvalue weighted by atomic mass is 79.9. The molecular weight excluding hydrogens is 430 g/mol. The molecule has 0 saturated heterocycles. The monoisotopic (exact) mass is 451 g/mol. The maximum atomic E-state index is 12.8. The summed E-state index contributed by atoms with van der Waals surface area (Å²) in [6.07, 6.45) is 1.66. The van der Waals surface area contributed by atoms with E-state index in [2.05, 4.69) is 15.9 Å². The Morgan fingerprint density at radius 2 is 2.07 bits per heavy atom. The van der Waals surface area contributed by atoms with E-state index in [0.29, 0.717) is 58.7 Å². The summed E-state index contributed by atoms with van der Waals surface area (Å²) in [7, 11) is 2.79. The van der Waals surface area contributed by atoms with Crippen molar-refractivity contribution < 1.29 is 28.5 Å². The van der Waals surface area contributed by atoms with Crippen LogP contribution >= 0.6 is 15.9 Å². The number of methoxy groups -OCH3 is 2. The fraction of sp³-hybridized carbons (Fsp3) is 0.400. The van der Waals surface area contributed by atoms with Crippen LogP contribution in [0.15, 0.2) is 39.4 Å². The Kier molecular flexibility index (Phi) is 5.98. The average molecular weight is 452 g/mol. The van der Waals surface area contributed by atoms with E-state index in [9.17, 15) is 9.59 Å². The Morgan fingerprint density at radius 3 is 2.71 bits per heavy atom. The molecule has 2 aliphatic rings. The van der Waals surface area contributed by atoms with Gasteiger partial charge in [-0.25, -0.2) is 4.79 Å². The summed E-state index contributed by atoms with van der Waals surface area (Å²) >= 11 is 3.50. The molecule has 0 spiro atoms. The van der Waals surface area contributed by atoms with Gasteiger partial charge in [-0.1, -0.05) is 0 Å². The van der Waals surface area contributed by atoms with Gasteiger partial charge in [-0.15, -0.1) is 0 Å². The largest absolute Gasteiger partial charge is 0.493 e. The van der Waals surface area contributed by atoms with Gasteiger partial charge in [0.1, 0.15) is 11.3 Å². The highest BCUT2D eigenvalue weighted by molar-refractivity contribution is 9.10. The minimum Gasteiger partial charge on any atom is -0.493 e. The smallest absolute Gasteiger partial charge is 0.340 e. The first-order chi connectivity index (χ1) is 13.4. The molecule has 1 aliphatic heterocycles. The number of halogens is 1. The fourth-order valence-corrected chi connectivity index (χ4v) is 4.16. The molecule has 0 fully saturated rings. The summed E-state index contributed by atoms with van der Waals surface area (Å²) in [4.78, 5) is 25.3. The zero-order valence-corrected chi connectivity index (χ0v) is 17.6. The summed E-state index contributed by atoms with van der Waals surface area (Å²) in [5.74, 6) is 0.0718. The molecule has 0 amide bonds. The number of esters is 1. The number of Topliss-reactive ketones (excluding diaryl/α,β-unsaturated/α-hetero) is 1. The normalized spacial score (nSPS) is 19.1. The van der Waals surface area contributed by atoms with Crippen LogP contribution in [0.5, 0.6) is 11.5 Å². The highest BCUT2D eigenvalue weighted by Gasteiger charge is 2.41. The summed E-state index contributed by atoms with van der Waals surface area (Å²) in [6, 6.07) is 3.54. The maximum Gasteiger partial charge on any atom is 0.340 e. The number of ketones is 1. The summed E-state index contributed by atoms with van der Waals surface area (Å²) < 4.78 is 22.3. The molecule has 1 aromatic rings. The van der Waals surface area contributed by atoms with Gasteiger partial charge in [-0.3, -0.25) is 4.79 Å². The number of carbonyl (C=O) groups is 2. The minimum atomic E-state index is -0.704. The van der Waals surface area contributed by atoms with Crippen molar-refractivity contribution in [3.05, 3.63) is 45.0 Å². The second kappa shape index (κ2) is 8.26. The third kappa shape index (κ3) is 3.48. The first-order valence-corrected chi connectivity index (χ1v) is 9.74. The maximum absolute atomic E-state index is 12.8. The molecule has 3 rings (SSSR count). The van der Waals surface area contributed by atoms with Gasteiger partial charge in [0.05, 0.1) is 31.2 Å². The number of ether oxygens (including phenoxy) is 4. The second-order valence-electron chi connectivity index (χ2n) is 6.39. The van der Waals surface area contributed by atoms with Crippen LogP contribution in [0, 0.1) is 0 Å². The number of rotatable bonds is 5. The third-order valence-corrected chi connectivity index (χ3v) is 5.35. The quantitative estimate of drug-likeness (QED) is 0.685. The van der Waals surface area contributed by atoms with E-state index >= 15 is 0 Å².